The lowest BCUT2D eigenvalue weighted by atomic mass is 9.99. The first-order chi connectivity index (χ1) is 11.9. The highest BCUT2D eigenvalue weighted by atomic mass is 127. The zero-order valence-corrected chi connectivity index (χ0v) is 20.8. The molecule has 0 rings (SSSR count). The minimum atomic E-state index is -1.95. The zero-order valence-electron chi connectivity index (χ0n) is 17.7. The Labute approximate surface area is 174 Å². The van der Waals surface area contributed by atoms with Gasteiger partial charge in [0.25, 0.3) is 0 Å². The molecular formula is C20H35IO4Si. The molecule has 0 N–H and O–H groups in total. The molecule has 0 heterocycles. The highest BCUT2D eigenvalue weighted by molar-refractivity contribution is 14.1. The smallest absolute Gasteiger partial charge is 0.372 e. The van der Waals surface area contributed by atoms with Crippen LogP contribution in [0.2, 0.25) is 18.1 Å². The number of hydrogen-bond acceptors (Lipinski definition) is 4. The van der Waals surface area contributed by atoms with Crippen LogP contribution >= 0.6 is 22.6 Å². The predicted molar refractivity (Wildman–Crippen MR) is 120 cm³/mol. The lowest BCUT2D eigenvalue weighted by Crippen LogP contribution is -2.45. The van der Waals surface area contributed by atoms with Crippen molar-refractivity contribution in [2.45, 2.75) is 65.3 Å². The van der Waals surface area contributed by atoms with Crippen LogP contribution < -0.4 is 0 Å². The zero-order chi connectivity index (χ0) is 20.5. The van der Waals surface area contributed by atoms with E-state index in [1.54, 1.807) is 6.08 Å². The van der Waals surface area contributed by atoms with Gasteiger partial charge in [-0.2, -0.15) is 0 Å². The molecule has 0 fully saturated rings. The van der Waals surface area contributed by atoms with E-state index in [4.69, 9.17) is 13.9 Å². The monoisotopic (exact) mass is 494 g/mol. The van der Waals surface area contributed by atoms with Crippen molar-refractivity contribution in [3.05, 3.63) is 33.6 Å². The molecule has 0 aromatic carbocycles. The molecular weight excluding hydrogens is 459 g/mol. The lowest BCUT2D eigenvalue weighted by molar-refractivity contribution is -0.139. The van der Waals surface area contributed by atoms with Crippen molar-refractivity contribution >= 4 is 36.9 Å². The molecule has 0 aliphatic carbocycles. The molecule has 0 aromatic rings. The Bertz CT molecular complexity index is 545. The molecule has 4 nitrogen and oxygen atoms in total. The van der Waals surface area contributed by atoms with Crippen molar-refractivity contribution in [3.8, 4) is 0 Å². The van der Waals surface area contributed by atoms with E-state index >= 15 is 0 Å². The molecule has 0 radical (unpaired) electrons. The van der Waals surface area contributed by atoms with Crippen molar-refractivity contribution in [1.82, 2.24) is 0 Å². The van der Waals surface area contributed by atoms with Crippen LogP contribution in [0.5, 0.6) is 0 Å². The first-order valence-corrected chi connectivity index (χ1v) is 13.0. The van der Waals surface area contributed by atoms with E-state index in [9.17, 15) is 4.79 Å². The summed E-state index contributed by atoms with van der Waals surface area (Å²) in [6.45, 7) is 15.4. The fraction of sp³-hybridized carbons (Fsp3) is 0.650. The summed E-state index contributed by atoms with van der Waals surface area (Å²) >= 11 is 2.22. The maximum Gasteiger partial charge on any atom is 0.372 e. The van der Waals surface area contributed by atoms with Gasteiger partial charge in [-0.3, -0.25) is 0 Å². The maximum absolute atomic E-state index is 11.8. The average molecular weight is 494 g/mol. The molecule has 0 aliphatic heterocycles. The number of methoxy groups -OCH3 is 2. The highest BCUT2D eigenvalue weighted by Gasteiger charge is 2.39. The Hall–Kier alpha value is -0.603. The molecule has 0 saturated heterocycles. The van der Waals surface area contributed by atoms with Gasteiger partial charge < -0.3 is 13.9 Å². The Kier molecular flexibility index (Phi) is 11.0. The maximum atomic E-state index is 11.8. The third kappa shape index (κ3) is 8.39. The molecule has 0 amide bonds. The Balaban J connectivity index is 5.64. The largest absolute Gasteiger partial charge is 0.490 e. The molecule has 0 unspecified atom stereocenters. The summed E-state index contributed by atoms with van der Waals surface area (Å²) in [6.07, 6.45) is 6.61. The summed E-state index contributed by atoms with van der Waals surface area (Å²) in [6, 6.07) is 0. The van der Waals surface area contributed by atoms with Crippen molar-refractivity contribution in [3.63, 3.8) is 0 Å². The fourth-order valence-corrected chi connectivity index (χ4v) is 4.16. The van der Waals surface area contributed by atoms with E-state index < -0.39 is 14.3 Å². The molecule has 0 saturated carbocycles. The normalized spacial score (nSPS) is 16.5. The number of carbonyl (C=O) groups is 1. The SMILES string of the molecule is COC(=O)C(=CC[C@H](O[Si](C)(C)C(C)(C)C)[C@@H](C)/C=C(C)/C=C\I)OC. The van der Waals surface area contributed by atoms with Crippen LogP contribution in [0.25, 0.3) is 0 Å². The van der Waals surface area contributed by atoms with Crippen LogP contribution in [-0.4, -0.2) is 34.6 Å². The summed E-state index contributed by atoms with van der Waals surface area (Å²) in [5.74, 6) is -0.0501. The first kappa shape index (κ1) is 25.4. The lowest BCUT2D eigenvalue weighted by Gasteiger charge is -2.40. The van der Waals surface area contributed by atoms with Crippen LogP contribution in [0.1, 0.15) is 41.0 Å². The second-order valence-electron chi connectivity index (χ2n) is 7.98. The quantitative estimate of drug-likeness (QED) is 0.0985. The third-order valence-electron chi connectivity index (χ3n) is 4.83. The summed E-state index contributed by atoms with van der Waals surface area (Å²) in [4.78, 5) is 11.8. The summed E-state index contributed by atoms with van der Waals surface area (Å²) in [5.41, 5.74) is 1.19. The number of carbonyl (C=O) groups excluding carboxylic acids is 1. The number of esters is 1. The van der Waals surface area contributed by atoms with Gasteiger partial charge in [-0.15, -0.1) is 0 Å². The van der Waals surface area contributed by atoms with Crippen molar-refractivity contribution in [2.24, 2.45) is 5.92 Å². The standard InChI is InChI=1S/C20H35IO4Si/c1-15(12-13-21)14-16(2)17(25-26(8,9)20(3,4)5)10-11-18(23-6)19(22)24-7/h11-14,16-17H,10H2,1-9H3/b13-12-,15-14+,18-11?/t16-,17-/m0/s1. The van der Waals surface area contributed by atoms with E-state index in [0.717, 1.165) is 0 Å². The van der Waals surface area contributed by atoms with Gasteiger partial charge in [0.1, 0.15) is 0 Å². The number of halogens is 1. The van der Waals surface area contributed by atoms with Crippen molar-refractivity contribution < 1.29 is 18.7 Å². The minimum absolute atomic E-state index is 0.0386. The number of ether oxygens (including phenoxy) is 2. The Morgan fingerprint density at radius 2 is 1.77 bits per heavy atom. The number of rotatable bonds is 9. The van der Waals surface area contributed by atoms with E-state index in [1.165, 1.54) is 19.8 Å². The molecule has 150 valence electrons. The molecule has 0 aromatic heterocycles. The van der Waals surface area contributed by atoms with Gasteiger partial charge in [-0.1, -0.05) is 68.0 Å². The van der Waals surface area contributed by atoms with E-state index in [-0.39, 0.29) is 22.8 Å². The van der Waals surface area contributed by atoms with Gasteiger partial charge in [0.05, 0.1) is 20.3 Å². The van der Waals surface area contributed by atoms with Crippen LogP contribution in [0, 0.1) is 5.92 Å². The molecule has 0 aliphatic rings. The van der Waals surface area contributed by atoms with Crippen molar-refractivity contribution in [1.29, 1.82) is 0 Å². The van der Waals surface area contributed by atoms with Gasteiger partial charge in [0, 0.05) is 0 Å². The van der Waals surface area contributed by atoms with E-state index in [2.05, 4.69) is 82.5 Å². The highest BCUT2D eigenvalue weighted by Crippen LogP contribution is 2.38. The number of allylic oxidation sites excluding steroid dienone is 2. The van der Waals surface area contributed by atoms with Crippen LogP contribution in [0.4, 0.5) is 0 Å². The van der Waals surface area contributed by atoms with E-state index in [1.807, 2.05) is 4.08 Å². The average Bonchev–Trinajstić information content (AvgIpc) is 2.52. The first-order valence-electron chi connectivity index (χ1n) is 8.85. The Morgan fingerprint density at radius 3 is 2.19 bits per heavy atom. The second-order valence-corrected chi connectivity index (χ2v) is 13.5. The minimum Gasteiger partial charge on any atom is -0.490 e. The van der Waals surface area contributed by atoms with Crippen molar-refractivity contribution in [2.75, 3.05) is 14.2 Å². The predicted octanol–water partition coefficient (Wildman–Crippen LogP) is 6.00. The summed E-state index contributed by atoms with van der Waals surface area (Å²) in [7, 11) is 0.875. The third-order valence-corrected chi connectivity index (χ3v) is 9.70. The molecule has 6 heteroatoms. The fourth-order valence-electron chi connectivity index (χ4n) is 2.18. The van der Waals surface area contributed by atoms with Crippen LogP contribution in [-0.2, 0) is 18.7 Å². The Morgan fingerprint density at radius 1 is 1.19 bits per heavy atom. The summed E-state index contributed by atoms with van der Waals surface area (Å²) < 4.78 is 18.6. The van der Waals surface area contributed by atoms with E-state index in [0.29, 0.717) is 6.42 Å². The van der Waals surface area contributed by atoms with Gasteiger partial charge in [-0.05, 0) is 47.6 Å². The van der Waals surface area contributed by atoms with Gasteiger partial charge in [0.2, 0.25) is 0 Å². The second kappa shape index (κ2) is 11.3. The van der Waals surface area contributed by atoms with Gasteiger partial charge >= 0.3 is 5.97 Å². The van der Waals surface area contributed by atoms with Gasteiger partial charge in [-0.25, -0.2) is 4.79 Å². The summed E-state index contributed by atoms with van der Waals surface area (Å²) in [5, 5.41) is 0.113. The van der Waals surface area contributed by atoms with Crippen LogP contribution in [0.3, 0.4) is 0 Å². The van der Waals surface area contributed by atoms with Crippen LogP contribution in [0.15, 0.2) is 33.6 Å². The molecule has 0 bridgehead atoms. The molecule has 0 spiro atoms. The molecule has 2 atom stereocenters. The van der Waals surface area contributed by atoms with Gasteiger partial charge in [0.15, 0.2) is 14.1 Å². The molecule has 26 heavy (non-hydrogen) atoms. The number of hydrogen-bond donors (Lipinski definition) is 0. The topological polar surface area (TPSA) is 44.8 Å².